The van der Waals surface area contributed by atoms with E-state index in [4.69, 9.17) is 5.21 Å². The van der Waals surface area contributed by atoms with Gasteiger partial charge in [0.1, 0.15) is 5.82 Å². The molecule has 0 saturated heterocycles. The predicted molar refractivity (Wildman–Crippen MR) is 44.1 cm³/mol. The van der Waals surface area contributed by atoms with Crippen LogP contribution < -0.4 is 10.8 Å². The van der Waals surface area contributed by atoms with Crippen molar-refractivity contribution in [3.05, 3.63) is 5.82 Å². The number of anilines is 2. The van der Waals surface area contributed by atoms with E-state index in [1.54, 1.807) is 6.92 Å². The van der Waals surface area contributed by atoms with Crippen LogP contribution in [0.5, 0.6) is 0 Å². The van der Waals surface area contributed by atoms with E-state index in [-0.39, 0.29) is 5.95 Å². The zero-order valence-corrected chi connectivity index (χ0v) is 7.00. The SMILES string of the molecule is CCNc1nc(C)nc(NO)n1. The lowest BCUT2D eigenvalue weighted by Crippen LogP contribution is -2.07. The molecule has 6 heteroatoms. The van der Waals surface area contributed by atoms with Gasteiger partial charge in [-0.05, 0) is 13.8 Å². The lowest BCUT2D eigenvalue weighted by Gasteiger charge is -2.03. The van der Waals surface area contributed by atoms with Gasteiger partial charge in [-0.25, -0.2) is 5.48 Å². The zero-order valence-electron chi connectivity index (χ0n) is 7.00. The molecule has 12 heavy (non-hydrogen) atoms. The number of nitrogens with one attached hydrogen (secondary N) is 2. The number of rotatable bonds is 3. The molecule has 0 amide bonds. The van der Waals surface area contributed by atoms with Crippen LogP contribution in [0.15, 0.2) is 0 Å². The third kappa shape index (κ3) is 2.03. The third-order valence-electron chi connectivity index (χ3n) is 1.18. The fourth-order valence-corrected chi connectivity index (χ4v) is 0.769. The number of hydrogen-bond acceptors (Lipinski definition) is 6. The van der Waals surface area contributed by atoms with Gasteiger partial charge >= 0.3 is 0 Å². The van der Waals surface area contributed by atoms with Crippen molar-refractivity contribution in [1.29, 1.82) is 0 Å². The van der Waals surface area contributed by atoms with E-state index in [1.165, 1.54) is 0 Å². The monoisotopic (exact) mass is 169 g/mol. The summed E-state index contributed by atoms with van der Waals surface area (Å²) in [5, 5.41) is 11.4. The Labute approximate surface area is 70.0 Å². The number of hydrogen-bond donors (Lipinski definition) is 3. The molecule has 3 N–H and O–H groups in total. The first-order chi connectivity index (χ1) is 5.76. The smallest absolute Gasteiger partial charge is 0.251 e. The standard InChI is InChI=1S/C6H11N5O/c1-3-7-5-8-4(2)9-6(10-5)11-12/h12H,3H2,1-2H3,(H2,7,8,9,10,11). The van der Waals surface area contributed by atoms with Crippen LogP contribution >= 0.6 is 0 Å². The molecule has 0 unspecified atom stereocenters. The molecule has 0 atom stereocenters. The van der Waals surface area contributed by atoms with Crippen molar-refractivity contribution in [2.24, 2.45) is 0 Å². The summed E-state index contributed by atoms with van der Waals surface area (Å²) < 4.78 is 0. The van der Waals surface area contributed by atoms with Crippen LogP contribution in [-0.2, 0) is 0 Å². The highest BCUT2D eigenvalue weighted by molar-refractivity contribution is 5.32. The van der Waals surface area contributed by atoms with Crippen LogP contribution in [0.4, 0.5) is 11.9 Å². The van der Waals surface area contributed by atoms with Gasteiger partial charge in [-0.1, -0.05) is 0 Å². The van der Waals surface area contributed by atoms with Crippen LogP contribution in [0.1, 0.15) is 12.7 Å². The molecule has 6 nitrogen and oxygen atoms in total. The highest BCUT2D eigenvalue weighted by Crippen LogP contribution is 2.02. The number of aryl methyl sites for hydroxylation is 1. The average Bonchev–Trinajstić information content (AvgIpc) is 2.04. The van der Waals surface area contributed by atoms with Gasteiger partial charge in [0.15, 0.2) is 0 Å². The zero-order chi connectivity index (χ0) is 8.97. The summed E-state index contributed by atoms with van der Waals surface area (Å²) in [6, 6.07) is 0. The van der Waals surface area contributed by atoms with Crippen molar-refractivity contribution < 1.29 is 5.21 Å². The maximum absolute atomic E-state index is 8.52. The molecule has 0 aliphatic carbocycles. The minimum Gasteiger partial charge on any atom is -0.354 e. The molecule has 1 aromatic rings. The quantitative estimate of drug-likeness (QED) is 0.568. The molecule has 0 aromatic carbocycles. The molecule has 0 fully saturated rings. The van der Waals surface area contributed by atoms with Crippen LogP contribution in [0.3, 0.4) is 0 Å². The maximum atomic E-state index is 8.52. The van der Waals surface area contributed by atoms with Gasteiger partial charge in [-0.3, -0.25) is 5.21 Å². The van der Waals surface area contributed by atoms with E-state index >= 15 is 0 Å². The van der Waals surface area contributed by atoms with Crippen LogP contribution in [0, 0.1) is 6.92 Å². The Kier molecular flexibility index (Phi) is 2.76. The average molecular weight is 169 g/mol. The lowest BCUT2D eigenvalue weighted by atomic mass is 10.6. The van der Waals surface area contributed by atoms with Crippen molar-refractivity contribution >= 4 is 11.9 Å². The van der Waals surface area contributed by atoms with E-state index < -0.39 is 0 Å². The number of aromatic nitrogens is 3. The molecule has 0 spiro atoms. The van der Waals surface area contributed by atoms with E-state index in [1.807, 2.05) is 12.4 Å². The van der Waals surface area contributed by atoms with Crippen molar-refractivity contribution in [2.45, 2.75) is 13.8 Å². The van der Waals surface area contributed by atoms with Crippen LogP contribution in [-0.4, -0.2) is 26.7 Å². The van der Waals surface area contributed by atoms with E-state index in [9.17, 15) is 0 Å². The molecular weight excluding hydrogens is 158 g/mol. The van der Waals surface area contributed by atoms with Gasteiger partial charge < -0.3 is 5.32 Å². The van der Waals surface area contributed by atoms with Crippen LogP contribution in [0.25, 0.3) is 0 Å². The second-order valence-electron chi connectivity index (χ2n) is 2.17. The molecule has 0 radical (unpaired) electrons. The molecule has 0 aliphatic heterocycles. The van der Waals surface area contributed by atoms with Crippen LogP contribution in [0.2, 0.25) is 0 Å². The third-order valence-corrected chi connectivity index (χ3v) is 1.18. The molecular formula is C6H11N5O. The Morgan fingerprint density at radius 3 is 2.50 bits per heavy atom. The first-order valence-electron chi connectivity index (χ1n) is 3.63. The first-order valence-corrected chi connectivity index (χ1v) is 3.63. The predicted octanol–water partition coefficient (Wildman–Crippen LogP) is 0.413. The second-order valence-corrected chi connectivity index (χ2v) is 2.17. The summed E-state index contributed by atoms with van der Waals surface area (Å²) in [6.07, 6.45) is 0. The summed E-state index contributed by atoms with van der Waals surface area (Å²) in [7, 11) is 0. The van der Waals surface area contributed by atoms with Gasteiger partial charge in [-0.2, -0.15) is 15.0 Å². The summed E-state index contributed by atoms with van der Waals surface area (Å²) >= 11 is 0. The minimum atomic E-state index is 0.151. The van der Waals surface area contributed by atoms with Crippen molar-refractivity contribution in [3.8, 4) is 0 Å². The topological polar surface area (TPSA) is 83.0 Å². The normalized spacial score (nSPS) is 9.58. The summed E-state index contributed by atoms with van der Waals surface area (Å²) in [5.41, 5.74) is 1.86. The summed E-state index contributed by atoms with van der Waals surface area (Å²) in [5.74, 6) is 1.16. The molecule has 0 bridgehead atoms. The highest BCUT2D eigenvalue weighted by atomic mass is 16.5. The lowest BCUT2D eigenvalue weighted by molar-refractivity contribution is 0.382. The molecule has 66 valence electrons. The van der Waals surface area contributed by atoms with Gasteiger partial charge in [0.25, 0.3) is 5.95 Å². The Morgan fingerprint density at radius 1 is 1.25 bits per heavy atom. The first kappa shape index (κ1) is 8.66. The van der Waals surface area contributed by atoms with E-state index in [2.05, 4.69) is 20.3 Å². The fraction of sp³-hybridized carbons (Fsp3) is 0.500. The largest absolute Gasteiger partial charge is 0.354 e. The Morgan fingerprint density at radius 2 is 1.92 bits per heavy atom. The van der Waals surface area contributed by atoms with Crippen molar-refractivity contribution in [3.63, 3.8) is 0 Å². The van der Waals surface area contributed by atoms with E-state index in [0.29, 0.717) is 11.8 Å². The molecule has 0 aliphatic rings. The molecule has 1 heterocycles. The van der Waals surface area contributed by atoms with Gasteiger partial charge in [0.05, 0.1) is 0 Å². The van der Waals surface area contributed by atoms with Gasteiger partial charge in [-0.15, -0.1) is 0 Å². The van der Waals surface area contributed by atoms with Crippen molar-refractivity contribution in [1.82, 2.24) is 15.0 Å². The number of nitrogens with zero attached hydrogens (tertiary/aromatic N) is 3. The fourth-order valence-electron chi connectivity index (χ4n) is 0.769. The van der Waals surface area contributed by atoms with E-state index in [0.717, 1.165) is 6.54 Å². The second kappa shape index (κ2) is 3.82. The van der Waals surface area contributed by atoms with Crippen molar-refractivity contribution in [2.75, 3.05) is 17.3 Å². The minimum absolute atomic E-state index is 0.151. The highest BCUT2D eigenvalue weighted by Gasteiger charge is 2.00. The molecule has 1 aromatic heterocycles. The summed E-state index contributed by atoms with van der Waals surface area (Å²) in [6.45, 7) is 4.39. The Bertz CT molecular complexity index is 264. The molecule has 1 rings (SSSR count). The van der Waals surface area contributed by atoms with Gasteiger partial charge in [0.2, 0.25) is 5.95 Å². The van der Waals surface area contributed by atoms with Gasteiger partial charge in [0, 0.05) is 6.54 Å². The Hall–Kier alpha value is -1.43. The summed E-state index contributed by atoms with van der Waals surface area (Å²) in [4.78, 5) is 11.6. The Balaban J connectivity index is 2.90. The molecule has 0 saturated carbocycles. The maximum Gasteiger partial charge on any atom is 0.251 e.